The number of aliphatic hydroxyl groups is 1. The fourth-order valence-electron chi connectivity index (χ4n) is 0.238. The number of primary amides is 1. The molecule has 0 bridgehead atoms. The van der Waals surface area contributed by atoms with Gasteiger partial charge in [-0.15, -0.1) is 0 Å². The molecule has 3 nitrogen and oxygen atoms in total. The first-order valence-electron chi connectivity index (χ1n) is 2.17. The van der Waals surface area contributed by atoms with Gasteiger partial charge in [0.25, 0.3) is 0 Å². The van der Waals surface area contributed by atoms with Crippen molar-refractivity contribution < 1.29 is 9.90 Å². The lowest BCUT2D eigenvalue weighted by Crippen LogP contribution is -2.31. The molecule has 0 aromatic rings. The highest BCUT2D eigenvalue weighted by atomic mass is 79.9. The van der Waals surface area contributed by atoms with Crippen LogP contribution in [0.5, 0.6) is 0 Å². The van der Waals surface area contributed by atoms with Crippen LogP contribution in [0.3, 0.4) is 0 Å². The van der Waals surface area contributed by atoms with Crippen molar-refractivity contribution in [2.75, 3.05) is 0 Å². The van der Waals surface area contributed by atoms with Gasteiger partial charge in [0.2, 0.25) is 5.91 Å². The third-order valence-corrected chi connectivity index (χ3v) is 1.91. The molecule has 0 aromatic carbocycles. The lowest BCUT2D eigenvalue weighted by Gasteiger charge is -2.06. The minimum absolute atomic E-state index is 0.542. The fourth-order valence-corrected chi connectivity index (χ4v) is 0.238. The van der Waals surface area contributed by atoms with Gasteiger partial charge in [-0.2, -0.15) is 0 Å². The Morgan fingerprint density at radius 2 is 2.25 bits per heavy atom. The normalized spacial score (nSPS) is 17.4. The van der Waals surface area contributed by atoms with Gasteiger partial charge in [0.1, 0.15) is 4.83 Å². The van der Waals surface area contributed by atoms with Crippen LogP contribution in [0.4, 0.5) is 0 Å². The van der Waals surface area contributed by atoms with Gasteiger partial charge in [0.15, 0.2) is 0 Å². The second-order valence-electron chi connectivity index (χ2n) is 1.54. The van der Waals surface area contributed by atoms with Gasteiger partial charge in [-0.25, -0.2) is 0 Å². The molecule has 0 rings (SSSR count). The Balaban J connectivity index is 3.64. The molecular formula is C4H8BrNO2. The third-order valence-electron chi connectivity index (χ3n) is 0.695. The van der Waals surface area contributed by atoms with Crippen LogP contribution in [-0.2, 0) is 4.79 Å². The van der Waals surface area contributed by atoms with Gasteiger partial charge < -0.3 is 10.8 Å². The van der Waals surface area contributed by atoms with Crippen molar-refractivity contribution in [3.63, 3.8) is 0 Å². The molecule has 48 valence electrons. The summed E-state index contributed by atoms with van der Waals surface area (Å²) in [5.74, 6) is -0.542. The minimum atomic E-state index is -0.715. The van der Waals surface area contributed by atoms with Crippen molar-refractivity contribution in [1.29, 1.82) is 0 Å². The van der Waals surface area contributed by atoms with Crippen molar-refractivity contribution >= 4 is 21.8 Å². The van der Waals surface area contributed by atoms with Crippen LogP contribution in [0.2, 0.25) is 0 Å². The van der Waals surface area contributed by atoms with Crippen LogP contribution < -0.4 is 5.73 Å². The number of carbonyl (C=O) groups excluding carboxylic acids is 1. The Kier molecular flexibility index (Phi) is 3.01. The van der Waals surface area contributed by atoms with E-state index in [1.165, 1.54) is 6.92 Å². The number of aliphatic hydroxyl groups excluding tert-OH is 1. The predicted octanol–water partition coefficient (Wildman–Crippen LogP) is -0.384. The highest BCUT2D eigenvalue weighted by Gasteiger charge is 2.15. The molecule has 0 aliphatic heterocycles. The van der Waals surface area contributed by atoms with E-state index in [0.717, 1.165) is 0 Å². The number of alkyl halides is 1. The average molecular weight is 182 g/mol. The van der Waals surface area contributed by atoms with Crippen LogP contribution in [0.15, 0.2) is 0 Å². The predicted molar refractivity (Wildman–Crippen MR) is 33.6 cm³/mol. The number of rotatable bonds is 2. The number of hydrogen-bond acceptors (Lipinski definition) is 2. The monoisotopic (exact) mass is 181 g/mol. The Labute approximate surface area is 56.0 Å². The largest absolute Gasteiger partial charge is 0.392 e. The van der Waals surface area contributed by atoms with Gasteiger partial charge in [0.05, 0.1) is 6.10 Å². The van der Waals surface area contributed by atoms with Gasteiger partial charge in [0, 0.05) is 0 Å². The zero-order valence-corrected chi connectivity index (χ0v) is 6.05. The smallest absolute Gasteiger partial charge is 0.233 e. The summed E-state index contributed by atoms with van der Waals surface area (Å²) < 4.78 is 0. The molecule has 0 radical (unpaired) electrons. The van der Waals surface area contributed by atoms with Gasteiger partial charge >= 0.3 is 0 Å². The lowest BCUT2D eigenvalue weighted by atomic mass is 10.3. The quantitative estimate of drug-likeness (QED) is 0.571. The topological polar surface area (TPSA) is 63.3 Å². The van der Waals surface area contributed by atoms with Crippen molar-refractivity contribution in [1.82, 2.24) is 0 Å². The van der Waals surface area contributed by atoms with E-state index in [4.69, 9.17) is 10.8 Å². The Morgan fingerprint density at radius 1 is 1.88 bits per heavy atom. The molecule has 0 saturated heterocycles. The lowest BCUT2D eigenvalue weighted by molar-refractivity contribution is -0.118. The number of carbonyl (C=O) groups is 1. The second kappa shape index (κ2) is 3.04. The fraction of sp³-hybridized carbons (Fsp3) is 0.750. The van der Waals surface area contributed by atoms with Crippen molar-refractivity contribution in [2.24, 2.45) is 5.73 Å². The average Bonchev–Trinajstić information content (AvgIpc) is 1.64. The summed E-state index contributed by atoms with van der Waals surface area (Å²) in [5, 5.41) is 8.64. The summed E-state index contributed by atoms with van der Waals surface area (Å²) in [6.45, 7) is 1.49. The highest BCUT2D eigenvalue weighted by Crippen LogP contribution is 2.02. The first-order valence-corrected chi connectivity index (χ1v) is 3.08. The molecule has 0 aliphatic carbocycles. The maximum atomic E-state index is 10.2. The molecule has 3 N–H and O–H groups in total. The van der Waals surface area contributed by atoms with Crippen molar-refractivity contribution in [3.05, 3.63) is 0 Å². The molecule has 4 heteroatoms. The standard InChI is InChI=1S/C4H8BrNO2/c1-2(7)3(5)4(6)8/h2-3,7H,1H3,(H2,6,8). The maximum absolute atomic E-state index is 10.2. The summed E-state index contributed by atoms with van der Waals surface area (Å²) in [6, 6.07) is 0. The van der Waals surface area contributed by atoms with E-state index >= 15 is 0 Å². The first kappa shape index (κ1) is 7.91. The van der Waals surface area contributed by atoms with Crippen LogP contribution in [-0.4, -0.2) is 21.9 Å². The highest BCUT2D eigenvalue weighted by molar-refractivity contribution is 9.10. The number of halogens is 1. The molecule has 0 aliphatic rings. The van der Waals surface area contributed by atoms with Gasteiger partial charge in [-0.3, -0.25) is 4.79 Å². The first-order chi connectivity index (χ1) is 3.55. The number of amides is 1. The summed E-state index contributed by atoms with van der Waals surface area (Å²) in [7, 11) is 0. The molecule has 0 saturated carbocycles. The molecular weight excluding hydrogens is 174 g/mol. The maximum Gasteiger partial charge on any atom is 0.233 e. The Hall–Kier alpha value is -0.0900. The molecule has 1 amide bonds. The van der Waals surface area contributed by atoms with Crippen molar-refractivity contribution in [2.45, 2.75) is 17.9 Å². The molecule has 0 fully saturated rings. The summed E-state index contributed by atoms with van der Waals surface area (Å²) in [4.78, 5) is 9.53. The van der Waals surface area contributed by atoms with E-state index in [-0.39, 0.29) is 0 Å². The summed E-state index contributed by atoms with van der Waals surface area (Å²) in [6.07, 6.45) is -0.715. The van der Waals surface area contributed by atoms with E-state index in [9.17, 15) is 4.79 Å². The van der Waals surface area contributed by atoms with Gasteiger partial charge in [-0.1, -0.05) is 15.9 Å². The van der Waals surface area contributed by atoms with E-state index in [1.54, 1.807) is 0 Å². The van der Waals surface area contributed by atoms with E-state index in [0.29, 0.717) is 0 Å². The Morgan fingerprint density at radius 3 is 2.25 bits per heavy atom. The molecule has 2 unspecified atom stereocenters. The Bertz CT molecular complexity index is 94.0. The molecule has 0 aromatic heterocycles. The number of nitrogens with two attached hydrogens (primary N) is 1. The van der Waals surface area contributed by atoms with E-state index in [2.05, 4.69) is 15.9 Å². The zero-order chi connectivity index (χ0) is 6.73. The summed E-state index contributed by atoms with van der Waals surface area (Å²) >= 11 is 2.88. The SMILES string of the molecule is CC(O)C(Br)C(N)=O. The summed E-state index contributed by atoms with van der Waals surface area (Å²) in [5.41, 5.74) is 4.79. The molecule has 8 heavy (non-hydrogen) atoms. The van der Waals surface area contributed by atoms with Crippen LogP contribution >= 0.6 is 15.9 Å². The zero-order valence-electron chi connectivity index (χ0n) is 4.47. The second-order valence-corrected chi connectivity index (χ2v) is 2.53. The minimum Gasteiger partial charge on any atom is -0.392 e. The number of hydrogen-bond donors (Lipinski definition) is 2. The van der Waals surface area contributed by atoms with Crippen LogP contribution in [0, 0.1) is 0 Å². The van der Waals surface area contributed by atoms with E-state index < -0.39 is 16.8 Å². The third kappa shape index (κ3) is 2.28. The molecule has 0 spiro atoms. The molecule has 0 heterocycles. The van der Waals surface area contributed by atoms with Crippen LogP contribution in [0.1, 0.15) is 6.92 Å². The van der Waals surface area contributed by atoms with Gasteiger partial charge in [-0.05, 0) is 6.92 Å². The van der Waals surface area contributed by atoms with Crippen LogP contribution in [0.25, 0.3) is 0 Å². The molecule has 2 atom stereocenters. The van der Waals surface area contributed by atoms with Crippen molar-refractivity contribution in [3.8, 4) is 0 Å². The van der Waals surface area contributed by atoms with E-state index in [1.807, 2.05) is 0 Å².